The van der Waals surface area contributed by atoms with Crippen molar-refractivity contribution in [1.82, 2.24) is 0 Å². The Morgan fingerprint density at radius 2 is 1.38 bits per heavy atom. The topological polar surface area (TPSA) is 29.1 Å². The van der Waals surface area contributed by atoms with E-state index in [1.165, 1.54) is 0 Å². The van der Waals surface area contributed by atoms with Crippen LogP contribution in [-0.4, -0.2) is 5.91 Å². The van der Waals surface area contributed by atoms with Crippen LogP contribution in [0, 0.1) is 0 Å². The van der Waals surface area contributed by atoms with Crippen LogP contribution < -0.4 is 5.32 Å². The molecule has 0 atom stereocenters. The van der Waals surface area contributed by atoms with Crippen molar-refractivity contribution in [2.45, 2.75) is 0 Å². The second kappa shape index (κ2) is 7.62. The summed E-state index contributed by atoms with van der Waals surface area (Å²) in [7, 11) is 0. The van der Waals surface area contributed by atoms with E-state index in [-0.39, 0.29) is 5.91 Å². The van der Waals surface area contributed by atoms with Crippen molar-refractivity contribution in [2.24, 2.45) is 0 Å². The van der Waals surface area contributed by atoms with Gasteiger partial charge in [0.2, 0.25) is 0 Å². The van der Waals surface area contributed by atoms with Crippen molar-refractivity contribution in [3.05, 3.63) is 101 Å². The molecule has 0 aliphatic rings. The molecule has 2 nitrogen and oxygen atoms in total. The number of hydrogen-bond acceptors (Lipinski definition) is 1. The van der Waals surface area contributed by atoms with Crippen molar-refractivity contribution in [3.8, 4) is 0 Å². The lowest BCUT2D eigenvalue weighted by molar-refractivity contribution is -0.111. The summed E-state index contributed by atoms with van der Waals surface area (Å²) in [4.78, 5) is 12.8. The van der Waals surface area contributed by atoms with Gasteiger partial charge in [0.15, 0.2) is 0 Å². The molecule has 0 aliphatic heterocycles. The number of benzene rings is 3. The van der Waals surface area contributed by atoms with Crippen molar-refractivity contribution in [2.75, 3.05) is 5.32 Å². The van der Waals surface area contributed by atoms with E-state index < -0.39 is 0 Å². The van der Waals surface area contributed by atoms with E-state index in [0.29, 0.717) is 16.3 Å². The van der Waals surface area contributed by atoms with Crippen LogP contribution in [0.4, 0.5) is 5.69 Å². The summed E-state index contributed by atoms with van der Waals surface area (Å²) in [6.45, 7) is 0. The molecule has 0 radical (unpaired) electrons. The number of carbonyl (C=O) groups is 1. The number of carbonyl (C=O) groups excluding carboxylic acids is 1. The molecule has 118 valence electrons. The molecule has 0 fully saturated rings. The van der Waals surface area contributed by atoms with Crippen LogP contribution in [0.3, 0.4) is 0 Å². The van der Waals surface area contributed by atoms with Crippen LogP contribution in [0.15, 0.2) is 84.9 Å². The molecule has 0 spiro atoms. The number of anilines is 1. The Labute approximate surface area is 146 Å². The maximum atomic E-state index is 12.8. The molecule has 0 aromatic heterocycles. The number of hydrogen-bond donors (Lipinski definition) is 1. The third-order valence-corrected chi connectivity index (χ3v) is 3.79. The molecule has 24 heavy (non-hydrogen) atoms. The van der Waals surface area contributed by atoms with E-state index in [0.717, 1.165) is 11.1 Å². The first-order valence-electron chi connectivity index (χ1n) is 7.61. The van der Waals surface area contributed by atoms with Gasteiger partial charge in [-0.2, -0.15) is 0 Å². The maximum Gasteiger partial charge on any atom is 0.256 e. The summed E-state index contributed by atoms with van der Waals surface area (Å²) in [5.74, 6) is -0.160. The molecule has 0 aliphatic carbocycles. The van der Waals surface area contributed by atoms with Gasteiger partial charge >= 0.3 is 0 Å². The molecule has 3 aromatic rings. The molecule has 3 aromatic carbocycles. The van der Waals surface area contributed by atoms with Gasteiger partial charge in [0, 0.05) is 16.3 Å². The molecule has 1 amide bonds. The van der Waals surface area contributed by atoms with Crippen LogP contribution in [0.1, 0.15) is 11.1 Å². The van der Waals surface area contributed by atoms with Crippen molar-refractivity contribution >= 4 is 34.8 Å². The van der Waals surface area contributed by atoms with Gasteiger partial charge < -0.3 is 5.32 Å². The van der Waals surface area contributed by atoms with Gasteiger partial charge in [-0.05, 0) is 41.5 Å². The van der Waals surface area contributed by atoms with E-state index in [4.69, 9.17) is 11.6 Å². The average molecular weight is 334 g/mol. The first kappa shape index (κ1) is 16.0. The smallest absolute Gasteiger partial charge is 0.256 e. The number of amides is 1. The second-order valence-electron chi connectivity index (χ2n) is 5.30. The van der Waals surface area contributed by atoms with Gasteiger partial charge in [-0.15, -0.1) is 0 Å². The lowest BCUT2D eigenvalue weighted by Gasteiger charge is -2.10. The molecule has 3 heteroatoms. The quantitative estimate of drug-likeness (QED) is 0.494. The van der Waals surface area contributed by atoms with E-state index in [9.17, 15) is 4.79 Å². The molecular formula is C21H16ClNO. The van der Waals surface area contributed by atoms with Crippen molar-refractivity contribution in [1.29, 1.82) is 0 Å². The largest absolute Gasteiger partial charge is 0.322 e. The summed E-state index contributed by atoms with van der Waals surface area (Å²) in [6.07, 6.45) is 1.89. The van der Waals surface area contributed by atoms with Crippen LogP contribution in [0.5, 0.6) is 0 Å². The first-order valence-corrected chi connectivity index (χ1v) is 7.99. The molecule has 0 heterocycles. The highest BCUT2D eigenvalue weighted by molar-refractivity contribution is 6.31. The van der Waals surface area contributed by atoms with Gasteiger partial charge in [0.1, 0.15) is 0 Å². The fourth-order valence-electron chi connectivity index (χ4n) is 2.35. The van der Waals surface area contributed by atoms with Gasteiger partial charge in [0.05, 0.1) is 0 Å². The average Bonchev–Trinajstić information content (AvgIpc) is 2.63. The maximum absolute atomic E-state index is 12.8. The Kier molecular flexibility index (Phi) is 5.09. The fourth-order valence-corrected chi connectivity index (χ4v) is 2.47. The zero-order chi connectivity index (χ0) is 16.8. The predicted molar refractivity (Wildman–Crippen MR) is 101 cm³/mol. The van der Waals surface area contributed by atoms with Crippen LogP contribution in [0.2, 0.25) is 5.02 Å². The third-order valence-electron chi connectivity index (χ3n) is 3.54. The highest BCUT2D eigenvalue weighted by Gasteiger charge is 2.12. The van der Waals surface area contributed by atoms with Crippen LogP contribution in [0.25, 0.3) is 11.6 Å². The second-order valence-corrected chi connectivity index (χ2v) is 5.73. The van der Waals surface area contributed by atoms with Crippen LogP contribution in [-0.2, 0) is 4.79 Å². The SMILES string of the molecule is O=C(Nc1ccc(Cl)cc1)C(=Cc1ccccc1)c1ccccc1. The first-order chi connectivity index (χ1) is 11.7. The van der Waals surface area contributed by atoms with Gasteiger partial charge in [-0.3, -0.25) is 4.79 Å². The van der Waals surface area contributed by atoms with E-state index in [1.54, 1.807) is 24.3 Å². The van der Waals surface area contributed by atoms with Gasteiger partial charge in [0.25, 0.3) is 5.91 Å². The highest BCUT2D eigenvalue weighted by Crippen LogP contribution is 2.21. The Hall–Kier alpha value is -2.84. The Balaban J connectivity index is 1.94. The molecule has 0 saturated carbocycles. The number of nitrogens with one attached hydrogen (secondary N) is 1. The Morgan fingerprint density at radius 1 is 0.792 bits per heavy atom. The molecular weight excluding hydrogens is 318 g/mol. The van der Waals surface area contributed by atoms with E-state index in [1.807, 2.05) is 66.7 Å². The Morgan fingerprint density at radius 3 is 2.00 bits per heavy atom. The minimum Gasteiger partial charge on any atom is -0.322 e. The zero-order valence-electron chi connectivity index (χ0n) is 12.9. The summed E-state index contributed by atoms with van der Waals surface area (Å²) in [6, 6.07) is 26.5. The summed E-state index contributed by atoms with van der Waals surface area (Å²) >= 11 is 5.89. The predicted octanol–water partition coefficient (Wildman–Crippen LogP) is 5.52. The summed E-state index contributed by atoms with van der Waals surface area (Å²) < 4.78 is 0. The molecule has 0 saturated heterocycles. The molecule has 0 bridgehead atoms. The van der Waals surface area contributed by atoms with Crippen molar-refractivity contribution < 1.29 is 4.79 Å². The zero-order valence-corrected chi connectivity index (χ0v) is 13.7. The Bertz CT molecular complexity index is 840. The molecule has 1 N–H and O–H groups in total. The van der Waals surface area contributed by atoms with Gasteiger partial charge in [-0.25, -0.2) is 0 Å². The van der Waals surface area contributed by atoms with E-state index in [2.05, 4.69) is 5.32 Å². The minimum atomic E-state index is -0.160. The summed E-state index contributed by atoms with van der Waals surface area (Å²) in [5, 5.41) is 3.56. The minimum absolute atomic E-state index is 0.160. The normalized spacial score (nSPS) is 11.1. The third kappa shape index (κ3) is 4.12. The van der Waals surface area contributed by atoms with Gasteiger partial charge in [-0.1, -0.05) is 72.3 Å². The van der Waals surface area contributed by atoms with Crippen molar-refractivity contribution in [3.63, 3.8) is 0 Å². The number of rotatable bonds is 4. The lowest BCUT2D eigenvalue weighted by Crippen LogP contribution is -2.13. The molecule has 0 unspecified atom stereocenters. The summed E-state index contributed by atoms with van der Waals surface area (Å²) in [5.41, 5.74) is 3.16. The highest BCUT2D eigenvalue weighted by atomic mass is 35.5. The van der Waals surface area contributed by atoms with E-state index >= 15 is 0 Å². The van der Waals surface area contributed by atoms with Crippen LogP contribution >= 0.6 is 11.6 Å². The number of halogens is 1. The monoisotopic (exact) mass is 333 g/mol. The fraction of sp³-hybridized carbons (Fsp3) is 0. The molecule has 3 rings (SSSR count). The standard InChI is InChI=1S/C21H16ClNO/c22-18-11-13-19(14-12-18)23-21(24)20(17-9-5-2-6-10-17)15-16-7-3-1-4-8-16/h1-15H,(H,23,24). The lowest BCUT2D eigenvalue weighted by atomic mass is 10.0.